The first-order valence-corrected chi connectivity index (χ1v) is 15.4. The number of rotatable bonds is 4. The zero-order valence-electron chi connectivity index (χ0n) is 25.5. The van der Waals surface area contributed by atoms with Crippen LogP contribution in [0, 0.1) is 18.5 Å². The number of fused-ring (bicyclic) bond motifs is 4. The molecule has 0 aliphatic heterocycles. The van der Waals surface area contributed by atoms with Crippen molar-refractivity contribution in [1.82, 2.24) is 14.1 Å². The summed E-state index contributed by atoms with van der Waals surface area (Å²) in [6.07, 6.45) is 5.31. The van der Waals surface area contributed by atoms with Crippen LogP contribution in [0.25, 0.3) is 77.1 Å². The SMILES string of the molecule is Cn1[c-][n+](-c2[c-]c(Oc3[c-]c4c(cc3)c3ccccc3n4-c3cc4cccc5oc6cccc(cn3)c6c45)ccc2)c2ccccc21.[Pt]. The molecule has 0 saturated heterocycles. The number of aryl methyl sites for hydroxylation is 1. The smallest absolute Gasteiger partial charge is 0.242 e. The normalized spacial score (nSPS) is 11.7. The number of nitrogens with zero attached hydrogens (tertiary/aromatic N) is 4. The first-order valence-electron chi connectivity index (χ1n) is 15.4. The number of hydrogen-bond acceptors (Lipinski definition) is 3. The summed E-state index contributed by atoms with van der Waals surface area (Å²) in [4.78, 5) is 5.08. The Hall–Kier alpha value is -5.71. The Bertz CT molecular complexity index is 2860. The van der Waals surface area contributed by atoms with E-state index in [-0.39, 0.29) is 21.1 Å². The fourth-order valence-corrected chi connectivity index (χ4v) is 6.88. The molecular weight excluding hydrogens is 776 g/mol. The van der Waals surface area contributed by atoms with E-state index in [1.54, 1.807) is 0 Å². The van der Waals surface area contributed by atoms with Gasteiger partial charge in [-0.15, -0.1) is 29.7 Å². The Morgan fingerprint density at radius 1 is 0.688 bits per heavy atom. The van der Waals surface area contributed by atoms with E-state index >= 15 is 0 Å². The van der Waals surface area contributed by atoms with E-state index in [1.807, 2.05) is 83.0 Å². The van der Waals surface area contributed by atoms with Crippen molar-refractivity contribution in [2.45, 2.75) is 0 Å². The van der Waals surface area contributed by atoms with Gasteiger partial charge in [0.1, 0.15) is 17.0 Å². The summed E-state index contributed by atoms with van der Waals surface area (Å²) >= 11 is 0. The molecule has 10 aromatic rings. The van der Waals surface area contributed by atoms with Gasteiger partial charge < -0.3 is 22.9 Å². The summed E-state index contributed by atoms with van der Waals surface area (Å²) < 4.78 is 18.8. The molecule has 232 valence electrons. The van der Waals surface area contributed by atoms with Crippen molar-refractivity contribution in [3.8, 4) is 23.0 Å². The van der Waals surface area contributed by atoms with Gasteiger partial charge in [0.05, 0.1) is 18.1 Å². The van der Waals surface area contributed by atoms with Gasteiger partial charge in [0.2, 0.25) is 6.33 Å². The quantitative estimate of drug-likeness (QED) is 0.132. The minimum absolute atomic E-state index is 0. The van der Waals surface area contributed by atoms with Crippen molar-refractivity contribution in [2.75, 3.05) is 0 Å². The van der Waals surface area contributed by atoms with Crippen molar-refractivity contribution >= 4 is 65.6 Å². The van der Waals surface area contributed by atoms with Gasteiger partial charge >= 0.3 is 0 Å². The number of para-hydroxylation sites is 3. The van der Waals surface area contributed by atoms with Crippen molar-refractivity contribution in [3.05, 3.63) is 146 Å². The van der Waals surface area contributed by atoms with Gasteiger partial charge in [0.25, 0.3) is 0 Å². The molecule has 0 atom stereocenters. The molecule has 48 heavy (non-hydrogen) atoms. The molecule has 0 unspecified atom stereocenters. The molecule has 0 aliphatic carbocycles. The summed E-state index contributed by atoms with van der Waals surface area (Å²) in [5, 5.41) is 6.42. The van der Waals surface area contributed by atoms with E-state index in [0.29, 0.717) is 11.5 Å². The molecule has 6 aromatic carbocycles. The van der Waals surface area contributed by atoms with Crippen LogP contribution in [0.1, 0.15) is 0 Å². The molecule has 4 heterocycles. The Balaban J connectivity index is 0.00000314. The molecule has 0 amide bonds. The Morgan fingerprint density at radius 2 is 1.42 bits per heavy atom. The van der Waals surface area contributed by atoms with Crippen LogP contribution in [0.3, 0.4) is 0 Å². The van der Waals surface area contributed by atoms with Gasteiger partial charge in [-0.25, -0.2) is 4.98 Å². The second kappa shape index (κ2) is 10.9. The predicted octanol–water partition coefficient (Wildman–Crippen LogP) is 9.19. The number of imidazole rings is 1. The van der Waals surface area contributed by atoms with Crippen molar-refractivity contribution in [1.29, 1.82) is 0 Å². The molecule has 7 heteroatoms. The standard InChI is InChI=1S/C41H24N4O2.Pt/c1-43-25-44(35-16-5-4-15-34(35)43)28-11-8-12-29(22-28)46-30-19-20-32-31-13-2-3-14-33(31)45(36(32)23-30)39-21-26-9-6-17-37-40(26)41-27(24-42-39)10-7-18-38(41)47-37;/h2-21,24H,1H3;/q-2;. The molecule has 0 aliphatic rings. The maximum Gasteiger partial charge on any atom is 0.242 e. The van der Waals surface area contributed by atoms with Crippen LogP contribution in [0.4, 0.5) is 0 Å². The van der Waals surface area contributed by atoms with Crippen LogP contribution in [-0.2, 0) is 28.1 Å². The maximum atomic E-state index is 6.44. The molecule has 0 spiro atoms. The molecular formula is C41H24N4O2Pt-2. The first-order chi connectivity index (χ1) is 23.2. The van der Waals surface area contributed by atoms with Gasteiger partial charge in [-0.3, -0.25) is 0 Å². The maximum absolute atomic E-state index is 6.44. The van der Waals surface area contributed by atoms with E-state index in [0.717, 1.165) is 77.1 Å². The molecule has 0 radical (unpaired) electrons. The zero-order valence-corrected chi connectivity index (χ0v) is 27.8. The fourth-order valence-electron chi connectivity index (χ4n) is 6.88. The second-order valence-electron chi connectivity index (χ2n) is 11.7. The minimum atomic E-state index is 0. The number of hydrogen-bond donors (Lipinski definition) is 0. The number of furan rings is 1. The Labute approximate surface area is 289 Å². The molecule has 10 rings (SSSR count). The van der Waals surface area contributed by atoms with Gasteiger partial charge in [-0.1, -0.05) is 77.9 Å². The number of benzene rings is 6. The molecule has 0 bridgehead atoms. The fraction of sp³-hybridized carbons (Fsp3) is 0.0244. The molecule has 0 N–H and O–H groups in total. The third-order valence-electron chi connectivity index (χ3n) is 8.94. The van der Waals surface area contributed by atoms with E-state index in [1.165, 1.54) is 0 Å². The summed E-state index contributed by atoms with van der Waals surface area (Å²) in [6, 6.07) is 48.0. The topological polar surface area (TPSA) is 49.0 Å². The predicted molar refractivity (Wildman–Crippen MR) is 184 cm³/mol. The summed E-state index contributed by atoms with van der Waals surface area (Å²) in [5.74, 6) is 1.95. The van der Waals surface area contributed by atoms with Gasteiger partial charge in [0.15, 0.2) is 0 Å². The van der Waals surface area contributed by atoms with E-state index in [4.69, 9.17) is 14.1 Å². The van der Waals surface area contributed by atoms with Crippen molar-refractivity contribution in [3.63, 3.8) is 0 Å². The Kier molecular flexibility index (Phi) is 6.49. The van der Waals surface area contributed by atoms with E-state index < -0.39 is 0 Å². The summed E-state index contributed by atoms with van der Waals surface area (Å²) in [7, 11) is 1.99. The average molecular weight is 800 g/mol. The van der Waals surface area contributed by atoms with Crippen LogP contribution in [0.2, 0.25) is 0 Å². The summed E-state index contributed by atoms with van der Waals surface area (Å²) in [5.41, 5.74) is 6.60. The molecule has 6 nitrogen and oxygen atoms in total. The number of aromatic nitrogens is 4. The van der Waals surface area contributed by atoms with Crippen molar-refractivity contribution < 1.29 is 34.8 Å². The van der Waals surface area contributed by atoms with Crippen LogP contribution in [0.5, 0.6) is 11.5 Å². The third-order valence-corrected chi connectivity index (χ3v) is 8.94. The number of ether oxygens (including phenoxy) is 1. The average Bonchev–Trinajstić information content (AvgIpc) is 3.76. The minimum Gasteiger partial charge on any atom is -0.510 e. The van der Waals surface area contributed by atoms with Crippen LogP contribution in [0.15, 0.2) is 132 Å². The third kappa shape index (κ3) is 4.30. The largest absolute Gasteiger partial charge is 0.510 e. The Morgan fingerprint density at radius 3 is 2.29 bits per heavy atom. The van der Waals surface area contributed by atoms with Crippen molar-refractivity contribution in [2.24, 2.45) is 7.05 Å². The van der Waals surface area contributed by atoms with E-state index in [9.17, 15) is 0 Å². The van der Waals surface area contributed by atoms with Crippen LogP contribution >= 0.6 is 0 Å². The van der Waals surface area contributed by atoms with Gasteiger partial charge in [-0.2, -0.15) is 18.2 Å². The van der Waals surface area contributed by atoms with Gasteiger partial charge in [-0.05, 0) is 35.0 Å². The van der Waals surface area contributed by atoms with E-state index in [2.05, 4.69) is 83.7 Å². The van der Waals surface area contributed by atoms with Crippen LogP contribution in [-0.4, -0.2) is 14.1 Å². The molecule has 0 saturated carbocycles. The molecule has 4 aromatic heterocycles. The monoisotopic (exact) mass is 799 g/mol. The first kappa shape index (κ1) is 28.5. The van der Waals surface area contributed by atoms with Gasteiger partial charge in [0, 0.05) is 60.4 Å². The second-order valence-corrected chi connectivity index (χ2v) is 11.7. The summed E-state index contributed by atoms with van der Waals surface area (Å²) in [6.45, 7) is 0. The van der Waals surface area contributed by atoms with Crippen LogP contribution < -0.4 is 9.30 Å². The molecule has 0 fully saturated rings. The zero-order chi connectivity index (χ0) is 31.1.